The fourth-order valence-electron chi connectivity index (χ4n) is 2.98. The number of carbonyl (C=O) groups excluding carboxylic acids is 2. The minimum Gasteiger partial charge on any atom is -0.355 e. The van der Waals surface area contributed by atoms with Crippen LogP contribution in [0.3, 0.4) is 0 Å². The Balaban J connectivity index is 1.93. The molecule has 0 spiro atoms. The van der Waals surface area contributed by atoms with E-state index in [2.05, 4.69) is 20.7 Å². The van der Waals surface area contributed by atoms with E-state index in [9.17, 15) is 31.5 Å². The van der Waals surface area contributed by atoms with E-state index >= 15 is 0 Å². The van der Waals surface area contributed by atoms with E-state index in [0.29, 0.717) is 5.52 Å². The molecule has 2 amide bonds. The maximum absolute atomic E-state index is 13.3. The zero-order valence-electron chi connectivity index (χ0n) is 13.8. The maximum atomic E-state index is 13.3. The third-order valence-electron chi connectivity index (χ3n) is 4.39. The molecule has 1 fully saturated rings. The molecule has 0 radical (unpaired) electrons. The highest BCUT2D eigenvalue weighted by molar-refractivity contribution is 5.96. The van der Waals surface area contributed by atoms with Crippen molar-refractivity contribution in [3.63, 3.8) is 0 Å². The van der Waals surface area contributed by atoms with Crippen LogP contribution in [0.1, 0.15) is 18.5 Å². The molecular weight excluding hydrogens is 377 g/mol. The third kappa shape index (κ3) is 3.69. The molecule has 2 unspecified atom stereocenters. The minimum absolute atomic E-state index is 0.156. The molecule has 2 aromatic heterocycles. The SMILES string of the molecule is Cn1ncc2nc(C(F)F)c(NC(=O)C3CNC(=O)CC3C(F)(F)F)cc21. The molecule has 7 nitrogen and oxygen atoms in total. The lowest BCUT2D eigenvalue weighted by Gasteiger charge is -2.32. The standard InChI is InChI=1S/C15H14F5N5O2/c1-25-10-3-8(12(13(16)17)23-9(10)5-22-25)24-14(27)6-4-21-11(26)2-7(6)15(18,19)20/h3,5-7,13H,2,4H2,1H3,(H,21,26)(H,24,27). The summed E-state index contributed by atoms with van der Waals surface area (Å²) in [5, 5.41) is 8.17. The van der Waals surface area contributed by atoms with Gasteiger partial charge in [0.05, 0.1) is 29.2 Å². The van der Waals surface area contributed by atoms with E-state index in [-0.39, 0.29) is 5.52 Å². The first-order valence-electron chi connectivity index (χ1n) is 7.83. The molecule has 3 rings (SSSR count). The van der Waals surface area contributed by atoms with Crippen molar-refractivity contribution >= 4 is 28.5 Å². The molecule has 2 atom stereocenters. The van der Waals surface area contributed by atoms with Gasteiger partial charge < -0.3 is 10.6 Å². The van der Waals surface area contributed by atoms with Gasteiger partial charge in [0.2, 0.25) is 11.8 Å². The number of pyridine rings is 1. The van der Waals surface area contributed by atoms with Gasteiger partial charge in [-0.05, 0) is 6.07 Å². The lowest BCUT2D eigenvalue weighted by molar-refractivity contribution is -0.197. The van der Waals surface area contributed by atoms with Crippen LogP contribution in [0, 0.1) is 11.8 Å². The van der Waals surface area contributed by atoms with Crippen LogP contribution >= 0.6 is 0 Å². The molecule has 0 saturated carbocycles. The molecule has 1 aliphatic heterocycles. The third-order valence-corrected chi connectivity index (χ3v) is 4.39. The van der Waals surface area contributed by atoms with E-state index in [1.54, 1.807) is 0 Å². The van der Waals surface area contributed by atoms with Crippen LogP contribution in [0.2, 0.25) is 0 Å². The Hall–Kier alpha value is -2.79. The zero-order chi connectivity index (χ0) is 19.9. The summed E-state index contributed by atoms with van der Waals surface area (Å²) in [6.07, 6.45) is -7.49. The normalized spacial score (nSPS) is 20.8. The van der Waals surface area contributed by atoms with Gasteiger partial charge in [-0.2, -0.15) is 18.3 Å². The molecule has 1 aliphatic rings. The quantitative estimate of drug-likeness (QED) is 0.785. The van der Waals surface area contributed by atoms with Crippen LogP contribution in [0.5, 0.6) is 0 Å². The number of piperidine rings is 1. The molecule has 0 bridgehead atoms. The fraction of sp³-hybridized carbons (Fsp3) is 0.467. The van der Waals surface area contributed by atoms with Crippen LogP contribution < -0.4 is 10.6 Å². The van der Waals surface area contributed by atoms with Gasteiger partial charge >= 0.3 is 6.18 Å². The number of aryl methyl sites for hydroxylation is 1. The fourth-order valence-corrected chi connectivity index (χ4v) is 2.98. The smallest absolute Gasteiger partial charge is 0.355 e. The van der Waals surface area contributed by atoms with Crippen LogP contribution in [0.25, 0.3) is 11.0 Å². The molecule has 0 aliphatic carbocycles. The number of carbonyl (C=O) groups is 2. The van der Waals surface area contributed by atoms with Gasteiger partial charge in [0.25, 0.3) is 6.43 Å². The van der Waals surface area contributed by atoms with Crippen molar-refractivity contribution < 1.29 is 31.5 Å². The number of aromatic nitrogens is 3. The Labute approximate surface area is 148 Å². The summed E-state index contributed by atoms with van der Waals surface area (Å²) >= 11 is 0. The van der Waals surface area contributed by atoms with Gasteiger partial charge in [-0.3, -0.25) is 14.3 Å². The number of alkyl halides is 5. The number of halogens is 5. The number of hydrogen-bond acceptors (Lipinski definition) is 4. The summed E-state index contributed by atoms with van der Waals surface area (Å²) < 4.78 is 67.5. The van der Waals surface area contributed by atoms with Crippen LogP contribution in [0.4, 0.5) is 27.6 Å². The number of nitrogens with zero attached hydrogens (tertiary/aromatic N) is 3. The number of nitrogens with one attached hydrogen (secondary N) is 2. The predicted octanol–water partition coefficient (Wildman–Crippen LogP) is 2.16. The van der Waals surface area contributed by atoms with Gasteiger partial charge in [-0.15, -0.1) is 0 Å². The first-order valence-corrected chi connectivity index (χ1v) is 7.83. The number of anilines is 1. The van der Waals surface area contributed by atoms with Gasteiger partial charge in [0.1, 0.15) is 11.2 Å². The van der Waals surface area contributed by atoms with E-state index in [1.807, 2.05) is 0 Å². The molecule has 27 heavy (non-hydrogen) atoms. The van der Waals surface area contributed by atoms with Crippen LogP contribution in [-0.4, -0.2) is 39.3 Å². The number of hydrogen-bond donors (Lipinski definition) is 2. The summed E-state index contributed by atoms with van der Waals surface area (Å²) in [4.78, 5) is 27.4. The highest BCUT2D eigenvalue weighted by atomic mass is 19.4. The number of rotatable bonds is 3. The topological polar surface area (TPSA) is 88.9 Å². The lowest BCUT2D eigenvalue weighted by Crippen LogP contribution is -2.50. The Kier molecular flexibility index (Phi) is 4.74. The Morgan fingerprint density at radius 3 is 2.74 bits per heavy atom. The summed E-state index contributed by atoms with van der Waals surface area (Å²) in [5.74, 6) is -5.79. The first-order chi connectivity index (χ1) is 12.6. The van der Waals surface area contributed by atoms with Crippen molar-refractivity contribution in [3.8, 4) is 0 Å². The second-order valence-corrected chi connectivity index (χ2v) is 6.15. The van der Waals surface area contributed by atoms with Crippen molar-refractivity contribution in [1.29, 1.82) is 0 Å². The Morgan fingerprint density at radius 1 is 1.41 bits per heavy atom. The number of fused-ring (bicyclic) bond motifs is 1. The second kappa shape index (κ2) is 6.74. The van der Waals surface area contributed by atoms with E-state index in [0.717, 1.165) is 0 Å². The minimum atomic E-state index is -4.78. The summed E-state index contributed by atoms with van der Waals surface area (Å²) in [6.45, 7) is -0.541. The molecule has 3 heterocycles. The summed E-state index contributed by atoms with van der Waals surface area (Å²) in [7, 11) is 1.52. The van der Waals surface area contributed by atoms with Crippen molar-refractivity contribution in [2.45, 2.75) is 19.0 Å². The summed E-state index contributed by atoms with van der Waals surface area (Å²) in [5.41, 5.74) is -0.695. The van der Waals surface area contributed by atoms with Crippen molar-refractivity contribution in [2.75, 3.05) is 11.9 Å². The van der Waals surface area contributed by atoms with E-state index < -0.39 is 60.6 Å². The zero-order valence-corrected chi connectivity index (χ0v) is 13.8. The highest BCUT2D eigenvalue weighted by Crippen LogP contribution is 2.37. The molecule has 2 aromatic rings. The van der Waals surface area contributed by atoms with Crippen molar-refractivity contribution in [1.82, 2.24) is 20.1 Å². The first kappa shape index (κ1) is 19.0. The van der Waals surface area contributed by atoms with Crippen molar-refractivity contribution in [3.05, 3.63) is 18.0 Å². The molecule has 1 saturated heterocycles. The van der Waals surface area contributed by atoms with Gasteiger partial charge in [-0.1, -0.05) is 0 Å². The molecule has 2 N–H and O–H groups in total. The van der Waals surface area contributed by atoms with Crippen molar-refractivity contribution in [2.24, 2.45) is 18.9 Å². The van der Waals surface area contributed by atoms with Gasteiger partial charge in [0, 0.05) is 20.0 Å². The molecule has 12 heteroatoms. The van der Waals surface area contributed by atoms with E-state index in [4.69, 9.17) is 0 Å². The Morgan fingerprint density at radius 2 is 2.11 bits per heavy atom. The second-order valence-electron chi connectivity index (χ2n) is 6.15. The summed E-state index contributed by atoms with van der Waals surface area (Å²) in [6, 6.07) is 1.18. The lowest BCUT2D eigenvalue weighted by atomic mass is 9.84. The Bertz CT molecular complexity index is 895. The van der Waals surface area contributed by atoms with Gasteiger partial charge in [0.15, 0.2) is 0 Å². The molecule has 146 valence electrons. The maximum Gasteiger partial charge on any atom is 0.393 e. The average molecular weight is 391 g/mol. The van der Waals surface area contributed by atoms with Crippen LogP contribution in [0.15, 0.2) is 12.3 Å². The largest absolute Gasteiger partial charge is 0.393 e. The van der Waals surface area contributed by atoms with E-state index in [1.165, 1.54) is 24.0 Å². The molecular formula is C15H14F5N5O2. The van der Waals surface area contributed by atoms with Crippen LogP contribution in [-0.2, 0) is 16.6 Å². The highest BCUT2D eigenvalue weighted by Gasteiger charge is 2.50. The number of amides is 2. The average Bonchev–Trinajstić information content (AvgIpc) is 2.93. The monoisotopic (exact) mass is 391 g/mol. The molecule has 0 aromatic carbocycles. The van der Waals surface area contributed by atoms with Gasteiger partial charge in [-0.25, -0.2) is 13.8 Å². The predicted molar refractivity (Wildman–Crippen MR) is 82.8 cm³/mol.